The van der Waals surface area contributed by atoms with Gasteiger partial charge in [-0.15, -0.1) is 0 Å². The van der Waals surface area contributed by atoms with Gasteiger partial charge in [-0.05, 0) is 98.2 Å². The topological polar surface area (TPSA) is 99.4 Å². The molecule has 3 aromatic rings. The molecule has 3 rings (SSSR count). The van der Waals surface area contributed by atoms with Gasteiger partial charge in [-0.25, -0.2) is 4.79 Å². The van der Waals surface area contributed by atoms with Crippen molar-refractivity contribution >= 4 is 78.1 Å². The third-order valence-corrected chi connectivity index (χ3v) is 6.25. The number of anilines is 1. The monoisotopic (exact) mass is 680 g/mol. The van der Waals surface area contributed by atoms with Crippen molar-refractivity contribution in [3.05, 3.63) is 95.4 Å². The average Bonchev–Trinajstić information content (AvgIpc) is 2.77. The van der Waals surface area contributed by atoms with E-state index in [0.29, 0.717) is 21.5 Å². The maximum atomic E-state index is 12.5. The van der Waals surface area contributed by atoms with E-state index in [1.165, 1.54) is 18.2 Å². The summed E-state index contributed by atoms with van der Waals surface area (Å²) in [7, 11) is 0. The minimum Gasteiger partial charge on any atom is -0.487 e. The molecule has 0 aliphatic carbocycles. The number of nitriles is 1. The molecule has 166 valence electrons. The first-order valence-electron chi connectivity index (χ1n) is 9.39. The summed E-state index contributed by atoms with van der Waals surface area (Å²) < 4.78 is 8.16. The van der Waals surface area contributed by atoms with Crippen LogP contribution in [0.25, 0.3) is 6.08 Å². The normalized spacial score (nSPS) is 10.9. The van der Waals surface area contributed by atoms with Crippen LogP contribution in [0.5, 0.6) is 5.75 Å². The van der Waals surface area contributed by atoms with E-state index in [1.54, 1.807) is 42.5 Å². The second-order valence-electron chi connectivity index (χ2n) is 6.74. The molecule has 0 aliphatic rings. The van der Waals surface area contributed by atoms with Gasteiger partial charge < -0.3 is 15.2 Å². The Labute approximate surface area is 220 Å². The van der Waals surface area contributed by atoms with Crippen LogP contribution in [0, 0.1) is 14.9 Å². The van der Waals surface area contributed by atoms with Crippen molar-refractivity contribution in [1.29, 1.82) is 5.26 Å². The molecular formula is C24H15Br2IN2O4. The third-order valence-electron chi connectivity index (χ3n) is 4.36. The van der Waals surface area contributed by atoms with Gasteiger partial charge in [0.05, 0.1) is 13.6 Å². The van der Waals surface area contributed by atoms with Crippen LogP contribution >= 0.6 is 54.5 Å². The second kappa shape index (κ2) is 11.4. The second-order valence-corrected chi connectivity index (χ2v) is 9.67. The molecule has 0 fully saturated rings. The van der Waals surface area contributed by atoms with E-state index in [0.717, 1.165) is 13.6 Å². The number of amides is 1. The Morgan fingerprint density at radius 2 is 1.85 bits per heavy atom. The zero-order chi connectivity index (χ0) is 24.0. The molecule has 33 heavy (non-hydrogen) atoms. The number of nitrogens with one attached hydrogen (secondary N) is 1. The fourth-order valence-electron chi connectivity index (χ4n) is 2.78. The molecule has 0 saturated carbocycles. The van der Waals surface area contributed by atoms with Crippen molar-refractivity contribution in [1.82, 2.24) is 0 Å². The fourth-order valence-corrected chi connectivity index (χ4v) is 4.95. The van der Waals surface area contributed by atoms with E-state index < -0.39 is 11.9 Å². The third kappa shape index (κ3) is 6.90. The maximum Gasteiger partial charge on any atom is 0.335 e. The summed E-state index contributed by atoms with van der Waals surface area (Å²) in [5.74, 6) is -0.885. The van der Waals surface area contributed by atoms with E-state index >= 15 is 0 Å². The standard InChI is InChI=1S/C24H15Br2IN2O4/c25-18-2-1-3-19(11-18)29-23(30)17(12-28)8-15-9-20(26)22(21(27)10-15)33-13-14-4-6-16(7-5-14)24(31)32/h1-11H,13H2,(H,29,30)(H,31,32)/b17-8-. The molecule has 9 heteroatoms. The fraction of sp³-hybridized carbons (Fsp3) is 0.0417. The first kappa shape index (κ1) is 25.0. The number of halogens is 3. The van der Waals surface area contributed by atoms with Crippen molar-refractivity contribution in [3.8, 4) is 11.8 Å². The van der Waals surface area contributed by atoms with Gasteiger partial charge in [0.1, 0.15) is 24.0 Å². The van der Waals surface area contributed by atoms with Crippen LogP contribution < -0.4 is 10.1 Å². The highest BCUT2D eigenvalue weighted by atomic mass is 127. The van der Waals surface area contributed by atoms with E-state index in [1.807, 2.05) is 12.1 Å². The van der Waals surface area contributed by atoms with Gasteiger partial charge >= 0.3 is 5.97 Å². The number of carbonyl (C=O) groups is 2. The summed E-state index contributed by atoms with van der Waals surface area (Å²) >= 11 is 8.95. The number of hydrogen-bond acceptors (Lipinski definition) is 4. The molecule has 2 N–H and O–H groups in total. The van der Waals surface area contributed by atoms with Gasteiger partial charge in [0, 0.05) is 10.2 Å². The Bertz CT molecular complexity index is 1260. The number of carbonyl (C=O) groups excluding carboxylic acids is 1. The summed E-state index contributed by atoms with van der Waals surface area (Å²) in [4.78, 5) is 23.5. The Morgan fingerprint density at radius 3 is 2.45 bits per heavy atom. The van der Waals surface area contributed by atoms with Gasteiger partial charge in [0.25, 0.3) is 5.91 Å². The van der Waals surface area contributed by atoms with Crippen LogP contribution in [0.2, 0.25) is 0 Å². The molecule has 0 aromatic heterocycles. The summed E-state index contributed by atoms with van der Waals surface area (Å²) in [5.41, 5.74) is 2.23. The molecule has 0 atom stereocenters. The van der Waals surface area contributed by atoms with E-state index in [-0.39, 0.29) is 17.7 Å². The quantitative estimate of drug-likeness (QED) is 0.166. The Morgan fingerprint density at radius 1 is 1.12 bits per heavy atom. The molecule has 1 amide bonds. The molecule has 6 nitrogen and oxygen atoms in total. The van der Waals surface area contributed by atoms with Crippen LogP contribution in [0.3, 0.4) is 0 Å². The smallest absolute Gasteiger partial charge is 0.335 e. The number of carboxylic acid groups (broad SMARTS) is 1. The predicted molar refractivity (Wildman–Crippen MR) is 141 cm³/mol. The molecule has 0 unspecified atom stereocenters. The molecule has 0 spiro atoms. The van der Waals surface area contributed by atoms with Gasteiger partial charge in [-0.1, -0.05) is 34.1 Å². The number of aromatic carboxylic acids is 1. The highest BCUT2D eigenvalue weighted by molar-refractivity contribution is 14.1. The average molecular weight is 682 g/mol. The Kier molecular flexibility index (Phi) is 8.66. The molecular weight excluding hydrogens is 667 g/mol. The van der Waals surface area contributed by atoms with Crippen molar-refractivity contribution in [3.63, 3.8) is 0 Å². The molecule has 0 heterocycles. The molecule has 3 aromatic carbocycles. The highest BCUT2D eigenvalue weighted by Crippen LogP contribution is 2.33. The van der Waals surface area contributed by atoms with E-state index in [2.05, 4.69) is 59.8 Å². The van der Waals surface area contributed by atoms with Crippen LogP contribution in [0.4, 0.5) is 5.69 Å². The lowest BCUT2D eigenvalue weighted by atomic mass is 10.1. The van der Waals surface area contributed by atoms with Crippen molar-refractivity contribution in [2.75, 3.05) is 5.32 Å². The van der Waals surface area contributed by atoms with Crippen LogP contribution in [-0.2, 0) is 11.4 Å². The summed E-state index contributed by atoms with van der Waals surface area (Å²) in [6, 6.07) is 19.1. The summed E-state index contributed by atoms with van der Waals surface area (Å²) in [6.45, 7) is 0.252. The lowest BCUT2D eigenvalue weighted by molar-refractivity contribution is -0.112. The first-order valence-corrected chi connectivity index (χ1v) is 12.1. The molecule has 0 bridgehead atoms. The van der Waals surface area contributed by atoms with Crippen molar-refractivity contribution < 1.29 is 19.4 Å². The molecule has 0 radical (unpaired) electrons. The maximum absolute atomic E-state index is 12.5. The number of benzene rings is 3. The number of carboxylic acids is 1. The molecule has 0 saturated heterocycles. The van der Waals surface area contributed by atoms with Crippen molar-refractivity contribution in [2.45, 2.75) is 6.61 Å². The predicted octanol–water partition coefficient (Wildman–Crippen LogP) is 6.64. The van der Waals surface area contributed by atoms with Gasteiger partial charge in [0.15, 0.2) is 0 Å². The van der Waals surface area contributed by atoms with Crippen LogP contribution in [-0.4, -0.2) is 17.0 Å². The van der Waals surface area contributed by atoms with Gasteiger partial charge in [-0.2, -0.15) is 5.26 Å². The highest BCUT2D eigenvalue weighted by Gasteiger charge is 2.13. The number of hydrogen-bond donors (Lipinski definition) is 2. The number of ether oxygens (including phenoxy) is 1. The van der Waals surface area contributed by atoms with E-state index in [4.69, 9.17) is 9.84 Å². The Balaban J connectivity index is 1.75. The zero-order valence-corrected chi connectivity index (χ0v) is 22.1. The lowest BCUT2D eigenvalue weighted by Crippen LogP contribution is -2.13. The van der Waals surface area contributed by atoms with Crippen LogP contribution in [0.15, 0.2) is 75.2 Å². The van der Waals surface area contributed by atoms with Gasteiger partial charge in [-0.3, -0.25) is 4.79 Å². The summed E-state index contributed by atoms with van der Waals surface area (Å²) in [6.07, 6.45) is 1.51. The Hall–Kier alpha value is -2.68. The zero-order valence-electron chi connectivity index (χ0n) is 16.8. The minimum absolute atomic E-state index is 0.0372. The summed E-state index contributed by atoms with van der Waals surface area (Å²) in [5, 5.41) is 21.2. The first-order chi connectivity index (χ1) is 15.8. The van der Waals surface area contributed by atoms with Crippen LogP contribution in [0.1, 0.15) is 21.5 Å². The largest absolute Gasteiger partial charge is 0.487 e. The number of nitrogens with zero attached hydrogens (tertiary/aromatic N) is 1. The van der Waals surface area contributed by atoms with Gasteiger partial charge in [0.2, 0.25) is 0 Å². The lowest BCUT2D eigenvalue weighted by Gasteiger charge is -2.12. The minimum atomic E-state index is -0.981. The SMILES string of the molecule is N#C/C(=C/c1cc(Br)c(OCc2ccc(C(=O)O)cc2)c(I)c1)C(=O)Nc1cccc(Br)c1. The van der Waals surface area contributed by atoms with E-state index in [9.17, 15) is 14.9 Å². The number of rotatable bonds is 7. The van der Waals surface area contributed by atoms with Crippen molar-refractivity contribution in [2.24, 2.45) is 0 Å². The molecule has 0 aliphatic heterocycles.